The zero-order valence-corrected chi connectivity index (χ0v) is 22.1. The summed E-state index contributed by atoms with van der Waals surface area (Å²) in [6.45, 7) is 7.87. The second-order valence-electron chi connectivity index (χ2n) is 10.5. The third kappa shape index (κ3) is 5.97. The first kappa shape index (κ1) is 27.5. The average Bonchev–Trinajstić information content (AvgIpc) is 3.18. The van der Waals surface area contributed by atoms with Crippen molar-refractivity contribution in [2.45, 2.75) is 77.4 Å². The summed E-state index contributed by atoms with van der Waals surface area (Å²) < 4.78 is 27.9. The minimum Gasteiger partial charge on any atom is -0.481 e. The number of hydrogen-bond acceptors (Lipinski definition) is 4. The van der Waals surface area contributed by atoms with E-state index in [1.165, 1.54) is 12.1 Å². The highest BCUT2D eigenvalue weighted by Crippen LogP contribution is 2.42. The van der Waals surface area contributed by atoms with Crippen LogP contribution in [0.3, 0.4) is 0 Å². The van der Waals surface area contributed by atoms with E-state index in [0.717, 1.165) is 5.56 Å². The molecular formula is C30H34FNO6. The highest BCUT2D eigenvalue weighted by Gasteiger charge is 2.37. The van der Waals surface area contributed by atoms with Crippen LogP contribution < -0.4 is 0 Å². The zero-order valence-electron chi connectivity index (χ0n) is 22.1. The third-order valence-corrected chi connectivity index (χ3v) is 6.75. The second kappa shape index (κ2) is 11.1. The molecule has 0 bridgehead atoms. The van der Waals surface area contributed by atoms with Crippen molar-refractivity contribution < 1.29 is 33.7 Å². The van der Waals surface area contributed by atoms with Crippen LogP contribution in [0.1, 0.15) is 68.9 Å². The molecule has 3 aromatic rings. The van der Waals surface area contributed by atoms with Gasteiger partial charge in [-0.15, -0.1) is 0 Å². The number of nitrogens with zero attached hydrogens (tertiary/aromatic N) is 1. The van der Waals surface area contributed by atoms with Crippen molar-refractivity contribution in [3.8, 4) is 22.4 Å². The first-order valence-electron chi connectivity index (χ1n) is 12.8. The number of carboxylic acid groups (broad SMARTS) is 2. The largest absolute Gasteiger partial charge is 0.481 e. The van der Waals surface area contributed by atoms with Gasteiger partial charge in [0.25, 0.3) is 0 Å². The van der Waals surface area contributed by atoms with Gasteiger partial charge < -0.3 is 24.3 Å². The molecule has 2 heterocycles. The summed E-state index contributed by atoms with van der Waals surface area (Å²) in [5, 5.41) is 19.7. The molecule has 1 aliphatic rings. The van der Waals surface area contributed by atoms with Crippen LogP contribution in [0.5, 0.6) is 0 Å². The van der Waals surface area contributed by atoms with E-state index >= 15 is 0 Å². The van der Waals surface area contributed by atoms with Crippen LogP contribution in [0.2, 0.25) is 0 Å². The molecule has 0 radical (unpaired) electrons. The maximum atomic E-state index is 13.9. The number of ether oxygens (including phenoxy) is 2. The summed E-state index contributed by atoms with van der Waals surface area (Å²) in [6.07, 6.45) is 0.0314. The Morgan fingerprint density at radius 3 is 2.21 bits per heavy atom. The van der Waals surface area contributed by atoms with Gasteiger partial charge in [-0.25, -0.2) is 9.18 Å². The molecule has 1 fully saturated rings. The van der Waals surface area contributed by atoms with Gasteiger partial charge in [-0.3, -0.25) is 4.79 Å². The van der Waals surface area contributed by atoms with Crippen molar-refractivity contribution in [3.05, 3.63) is 71.7 Å². The Balaban J connectivity index is 1.84. The smallest absolute Gasteiger partial charge is 0.338 e. The van der Waals surface area contributed by atoms with E-state index in [4.69, 9.17) is 9.47 Å². The van der Waals surface area contributed by atoms with Crippen molar-refractivity contribution in [2.24, 2.45) is 0 Å². The van der Waals surface area contributed by atoms with Crippen molar-refractivity contribution >= 4 is 11.9 Å². The molecule has 202 valence electrons. The Labute approximate surface area is 221 Å². The van der Waals surface area contributed by atoms with Crippen LogP contribution in [0, 0.1) is 5.82 Å². The number of aliphatic carboxylic acids is 1. The number of carboxylic acids is 2. The molecule has 38 heavy (non-hydrogen) atoms. The maximum Gasteiger partial charge on any atom is 0.338 e. The topological polar surface area (TPSA) is 98.0 Å². The molecule has 0 aliphatic carbocycles. The number of aromatic nitrogens is 1. The van der Waals surface area contributed by atoms with E-state index < -0.39 is 23.8 Å². The Morgan fingerprint density at radius 2 is 1.63 bits per heavy atom. The summed E-state index contributed by atoms with van der Waals surface area (Å²) in [5.74, 6) is -3.40. The van der Waals surface area contributed by atoms with Crippen molar-refractivity contribution in [3.63, 3.8) is 0 Å². The van der Waals surface area contributed by atoms with Crippen molar-refractivity contribution in [2.75, 3.05) is 0 Å². The van der Waals surface area contributed by atoms with Gasteiger partial charge in [0.05, 0.1) is 29.9 Å². The summed E-state index contributed by atoms with van der Waals surface area (Å²) in [5.41, 5.74) is 3.65. The van der Waals surface area contributed by atoms with Crippen LogP contribution in [0.15, 0.2) is 54.6 Å². The molecule has 0 unspecified atom stereocenters. The maximum absolute atomic E-state index is 13.9. The van der Waals surface area contributed by atoms with E-state index in [0.29, 0.717) is 41.9 Å². The molecule has 0 spiro atoms. The van der Waals surface area contributed by atoms with Crippen LogP contribution in [-0.4, -0.2) is 44.7 Å². The van der Waals surface area contributed by atoms with E-state index in [1.54, 1.807) is 26.0 Å². The van der Waals surface area contributed by atoms with Crippen molar-refractivity contribution in [1.29, 1.82) is 0 Å². The van der Waals surface area contributed by atoms with Crippen LogP contribution in [0.4, 0.5) is 4.39 Å². The van der Waals surface area contributed by atoms with Crippen LogP contribution in [-0.2, 0) is 20.8 Å². The second-order valence-corrected chi connectivity index (χ2v) is 10.5. The lowest BCUT2D eigenvalue weighted by Crippen LogP contribution is -2.45. The van der Waals surface area contributed by atoms with E-state index in [2.05, 4.69) is 0 Å². The Bertz CT molecular complexity index is 1300. The van der Waals surface area contributed by atoms with Crippen LogP contribution >= 0.6 is 0 Å². The molecule has 2 atom stereocenters. The average molecular weight is 524 g/mol. The first-order valence-corrected chi connectivity index (χ1v) is 12.8. The summed E-state index contributed by atoms with van der Waals surface area (Å²) in [7, 11) is 0. The van der Waals surface area contributed by atoms with Crippen LogP contribution in [0.25, 0.3) is 22.4 Å². The van der Waals surface area contributed by atoms with Gasteiger partial charge in [0.1, 0.15) is 5.82 Å². The van der Waals surface area contributed by atoms with Gasteiger partial charge in [-0.2, -0.15) is 0 Å². The molecular weight excluding hydrogens is 489 g/mol. The zero-order chi connectivity index (χ0) is 27.6. The SMILES string of the molecule is CC(C)c1c(C(=O)O)c(-c2ccccc2)c(-c2ccc(F)cc2)n1CC[C@@H]1C[C@H](CC(=O)O)OC(C)(C)O1. The molecule has 7 nitrogen and oxygen atoms in total. The highest BCUT2D eigenvalue weighted by molar-refractivity contribution is 6.03. The number of rotatable bonds is 9. The normalized spacial score (nSPS) is 19.0. The molecule has 1 aliphatic heterocycles. The number of benzene rings is 2. The van der Waals surface area contributed by atoms with Gasteiger partial charge in [-0.1, -0.05) is 44.2 Å². The summed E-state index contributed by atoms with van der Waals surface area (Å²) in [4.78, 5) is 24.1. The lowest BCUT2D eigenvalue weighted by atomic mass is 9.95. The third-order valence-electron chi connectivity index (χ3n) is 6.75. The quantitative estimate of drug-likeness (QED) is 0.330. The predicted octanol–water partition coefficient (Wildman–Crippen LogP) is 6.56. The minimum absolute atomic E-state index is 0.119. The standard InChI is InChI=1S/C30H34FNO6/c1-18(2)27-26(29(35)36)25(19-8-6-5-7-9-19)28(20-10-12-21(31)13-11-20)32(27)15-14-22-16-23(17-24(33)34)38-30(3,4)37-22/h5-13,18,22-23H,14-17H2,1-4H3,(H,33,34)(H,35,36)/t22-,23-/m1/s1. The molecule has 1 aromatic heterocycles. The molecule has 0 saturated carbocycles. The highest BCUT2D eigenvalue weighted by atomic mass is 19.1. The number of aromatic carboxylic acids is 1. The Morgan fingerprint density at radius 1 is 1.00 bits per heavy atom. The fraction of sp³-hybridized carbons (Fsp3) is 0.400. The molecule has 8 heteroatoms. The molecule has 2 aromatic carbocycles. The van der Waals surface area contributed by atoms with Gasteiger partial charge in [0, 0.05) is 24.2 Å². The number of hydrogen-bond donors (Lipinski definition) is 2. The lowest BCUT2D eigenvalue weighted by molar-refractivity contribution is -0.300. The molecule has 0 amide bonds. The number of carbonyl (C=O) groups is 2. The van der Waals surface area contributed by atoms with Gasteiger partial charge >= 0.3 is 11.9 Å². The van der Waals surface area contributed by atoms with Gasteiger partial charge in [-0.05, 0) is 61.6 Å². The fourth-order valence-electron chi connectivity index (χ4n) is 5.47. The molecule has 2 N–H and O–H groups in total. The van der Waals surface area contributed by atoms with E-state index in [-0.39, 0.29) is 29.8 Å². The summed E-state index contributed by atoms with van der Waals surface area (Å²) in [6, 6.07) is 15.4. The lowest BCUT2D eigenvalue weighted by Gasteiger charge is -2.40. The fourth-order valence-corrected chi connectivity index (χ4v) is 5.47. The summed E-state index contributed by atoms with van der Waals surface area (Å²) >= 11 is 0. The van der Waals surface area contributed by atoms with Gasteiger partial charge in [0.2, 0.25) is 0 Å². The predicted molar refractivity (Wildman–Crippen MR) is 142 cm³/mol. The molecule has 1 saturated heterocycles. The monoisotopic (exact) mass is 523 g/mol. The van der Waals surface area contributed by atoms with E-state index in [1.807, 2.05) is 48.7 Å². The first-order chi connectivity index (χ1) is 18.0. The Kier molecular flexibility index (Phi) is 8.04. The Hall–Kier alpha value is -3.49. The van der Waals surface area contributed by atoms with E-state index in [9.17, 15) is 24.2 Å². The molecule has 4 rings (SSSR count). The minimum atomic E-state index is -1.03. The van der Waals surface area contributed by atoms with Crippen molar-refractivity contribution in [1.82, 2.24) is 4.57 Å². The van der Waals surface area contributed by atoms with Gasteiger partial charge in [0.15, 0.2) is 5.79 Å². The number of halogens is 1.